The monoisotopic (exact) mass is 301 g/mol. The predicted molar refractivity (Wildman–Crippen MR) is 72.5 cm³/mol. The molecule has 0 bridgehead atoms. The Labute approximate surface area is 118 Å². The highest BCUT2D eigenvalue weighted by molar-refractivity contribution is 8.01. The van der Waals surface area contributed by atoms with E-state index in [1.165, 1.54) is 12.1 Å². The van der Waals surface area contributed by atoms with E-state index in [2.05, 4.69) is 14.7 Å². The second-order valence-corrected chi connectivity index (χ2v) is 5.86. The standard InChI is InChI=1S/C12H13F2N3S2/c1-3-10-16-12(19-17-10)18-11-8(13)4-7(6-15-2)5-9(11)14/h4-5,15H,3,6H2,1-2H3. The molecule has 2 aromatic rings. The van der Waals surface area contributed by atoms with Crippen LogP contribution in [0.15, 0.2) is 21.4 Å². The van der Waals surface area contributed by atoms with Crippen molar-refractivity contribution in [3.05, 3.63) is 35.2 Å². The summed E-state index contributed by atoms with van der Waals surface area (Å²) in [7, 11) is 1.73. The Morgan fingerprint density at radius 1 is 1.32 bits per heavy atom. The van der Waals surface area contributed by atoms with Crippen molar-refractivity contribution in [2.75, 3.05) is 7.05 Å². The molecule has 0 saturated heterocycles. The topological polar surface area (TPSA) is 37.8 Å². The largest absolute Gasteiger partial charge is 0.316 e. The Hall–Kier alpha value is -1.05. The Kier molecular flexibility index (Phi) is 4.84. The fraction of sp³-hybridized carbons (Fsp3) is 0.333. The van der Waals surface area contributed by atoms with E-state index in [1.807, 2.05) is 6.92 Å². The molecule has 0 aliphatic carbocycles. The third kappa shape index (κ3) is 3.49. The van der Waals surface area contributed by atoms with Crippen molar-refractivity contribution in [3.63, 3.8) is 0 Å². The van der Waals surface area contributed by atoms with Crippen LogP contribution in [-0.2, 0) is 13.0 Å². The fourth-order valence-electron chi connectivity index (χ4n) is 1.53. The van der Waals surface area contributed by atoms with Crippen molar-refractivity contribution in [2.24, 2.45) is 0 Å². The van der Waals surface area contributed by atoms with E-state index >= 15 is 0 Å². The van der Waals surface area contributed by atoms with Crippen molar-refractivity contribution < 1.29 is 8.78 Å². The molecule has 102 valence electrons. The van der Waals surface area contributed by atoms with Crippen LogP contribution >= 0.6 is 23.3 Å². The molecule has 19 heavy (non-hydrogen) atoms. The SMILES string of the molecule is CCc1nsc(Sc2c(F)cc(CNC)cc2F)n1. The van der Waals surface area contributed by atoms with Crippen LogP contribution in [-0.4, -0.2) is 16.4 Å². The van der Waals surface area contributed by atoms with Crippen molar-refractivity contribution in [1.82, 2.24) is 14.7 Å². The first-order valence-corrected chi connectivity index (χ1v) is 7.36. The first-order valence-electron chi connectivity index (χ1n) is 5.77. The molecular formula is C12H13F2N3S2. The Bertz CT molecular complexity index is 549. The highest BCUT2D eigenvalue weighted by Crippen LogP contribution is 2.33. The van der Waals surface area contributed by atoms with E-state index in [9.17, 15) is 8.78 Å². The summed E-state index contributed by atoms with van der Waals surface area (Å²) < 4.78 is 32.4. The lowest BCUT2D eigenvalue weighted by Crippen LogP contribution is -2.06. The van der Waals surface area contributed by atoms with Gasteiger partial charge in [-0.1, -0.05) is 18.7 Å². The second kappa shape index (κ2) is 6.40. The van der Waals surface area contributed by atoms with Crippen molar-refractivity contribution in [1.29, 1.82) is 0 Å². The molecule has 3 nitrogen and oxygen atoms in total. The van der Waals surface area contributed by atoms with Crippen molar-refractivity contribution in [3.8, 4) is 0 Å². The number of nitrogens with one attached hydrogen (secondary N) is 1. The van der Waals surface area contributed by atoms with Crippen LogP contribution in [0.5, 0.6) is 0 Å². The van der Waals surface area contributed by atoms with Gasteiger partial charge in [-0.15, -0.1) is 0 Å². The molecule has 0 spiro atoms. The summed E-state index contributed by atoms with van der Waals surface area (Å²) in [4.78, 5) is 4.16. The molecule has 0 saturated carbocycles. The summed E-state index contributed by atoms with van der Waals surface area (Å²) in [5.41, 5.74) is 0.577. The van der Waals surface area contributed by atoms with Crippen LogP contribution in [0, 0.1) is 11.6 Å². The molecule has 1 aromatic carbocycles. The molecule has 2 rings (SSSR count). The average Bonchev–Trinajstić information content (AvgIpc) is 2.82. The van der Waals surface area contributed by atoms with E-state index < -0.39 is 11.6 Å². The zero-order valence-electron chi connectivity index (χ0n) is 10.5. The van der Waals surface area contributed by atoms with Gasteiger partial charge in [0.15, 0.2) is 4.34 Å². The number of aryl methyl sites for hydroxylation is 1. The summed E-state index contributed by atoms with van der Waals surface area (Å²) >= 11 is 2.14. The second-order valence-electron chi connectivity index (χ2n) is 3.85. The van der Waals surface area contributed by atoms with Gasteiger partial charge in [0, 0.05) is 13.0 Å². The first kappa shape index (κ1) is 14.4. The molecule has 0 amide bonds. The predicted octanol–water partition coefficient (Wildman–Crippen LogP) is 3.25. The minimum atomic E-state index is -0.566. The number of rotatable bonds is 5. The van der Waals surface area contributed by atoms with Gasteiger partial charge in [-0.25, -0.2) is 13.8 Å². The van der Waals surface area contributed by atoms with Crippen molar-refractivity contribution in [2.45, 2.75) is 29.1 Å². The molecule has 0 unspecified atom stereocenters. The third-order valence-corrected chi connectivity index (χ3v) is 4.28. The maximum atomic E-state index is 13.9. The van der Waals surface area contributed by atoms with Crippen LogP contribution in [0.4, 0.5) is 8.78 Å². The lowest BCUT2D eigenvalue weighted by molar-refractivity contribution is 0.536. The summed E-state index contributed by atoms with van der Waals surface area (Å²) in [5.74, 6) is -0.438. The molecule has 1 aromatic heterocycles. The summed E-state index contributed by atoms with van der Waals surface area (Å²) in [6.07, 6.45) is 0.711. The van der Waals surface area contributed by atoms with Gasteiger partial charge in [-0.2, -0.15) is 4.37 Å². The summed E-state index contributed by atoms with van der Waals surface area (Å²) in [6, 6.07) is 2.67. The zero-order chi connectivity index (χ0) is 13.8. The zero-order valence-corrected chi connectivity index (χ0v) is 12.2. The van der Waals surface area contributed by atoms with Gasteiger partial charge in [-0.3, -0.25) is 0 Å². The molecule has 7 heteroatoms. The average molecular weight is 301 g/mol. The highest BCUT2D eigenvalue weighted by atomic mass is 32.2. The van der Waals surface area contributed by atoms with E-state index in [0.717, 1.165) is 23.3 Å². The van der Waals surface area contributed by atoms with Crippen LogP contribution < -0.4 is 5.32 Å². The van der Waals surface area contributed by atoms with E-state index in [1.54, 1.807) is 7.05 Å². The van der Waals surface area contributed by atoms with E-state index in [4.69, 9.17) is 0 Å². The Balaban J connectivity index is 2.24. The smallest absolute Gasteiger partial charge is 0.175 e. The molecular weight excluding hydrogens is 288 g/mol. The number of benzene rings is 1. The normalized spacial score (nSPS) is 10.9. The van der Waals surface area contributed by atoms with E-state index in [-0.39, 0.29) is 4.90 Å². The van der Waals surface area contributed by atoms with Gasteiger partial charge in [-0.05, 0) is 36.3 Å². The van der Waals surface area contributed by atoms with Gasteiger partial charge in [0.2, 0.25) is 0 Å². The van der Waals surface area contributed by atoms with E-state index in [0.29, 0.717) is 28.7 Å². The molecule has 0 atom stereocenters. The van der Waals surface area contributed by atoms with Crippen LogP contribution in [0.25, 0.3) is 0 Å². The fourth-order valence-corrected chi connectivity index (χ4v) is 3.18. The number of hydrogen-bond acceptors (Lipinski definition) is 5. The third-order valence-electron chi connectivity index (χ3n) is 2.39. The Morgan fingerprint density at radius 3 is 2.53 bits per heavy atom. The molecule has 0 fully saturated rings. The van der Waals surface area contributed by atoms with Gasteiger partial charge in [0.1, 0.15) is 17.5 Å². The highest BCUT2D eigenvalue weighted by Gasteiger charge is 2.15. The van der Waals surface area contributed by atoms with Gasteiger partial charge in [0.25, 0.3) is 0 Å². The number of halogens is 2. The molecule has 0 radical (unpaired) electrons. The Morgan fingerprint density at radius 2 is 2.00 bits per heavy atom. The maximum Gasteiger partial charge on any atom is 0.175 e. The lowest BCUT2D eigenvalue weighted by Gasteiger charge is -2.06. The van der Waals surface area contributed by atoms with Gasteiger partial charge in [0.05, 0.1) is 4.90 Å². The van der Waals surface area contributed by atoms with Gasteiger partial charge < -0.3 is 5.32 Å². The molecule has 1 heterocycles. The quantitative estimate of drug-likeness (QED) is 0.920. The number of nitrogens with zero attached hydrogens (tertiary/aromatic N) is 2. The van der Waals surface area contributed by atoms with Gasteiger partial charge >= 0.3 is 0 Å². The lowest BCUT2D eigenvalue weighted by atomic mass is 10.2. The minimum Gasteiger partial charge on any atom is -0.316 e. The minimum absolute atomic E-state index is 0.0290. The van der Waals surface area contributed by atoms with Crippen LogP contribution in [0.1, 0.15) is 18.3 Å². The first-order chi connectivity index (χ1) is 9.13. The molecule has 0 aliphatic heterocycles. The van der Waals surface area contributed by atoms with Crippen molar-refractivity contribution >= 4 is 23.3 Å². The molecule has 1 N–H and O–H groups in total. The summed E-state index contributed by atoms with van der Waals surface area (Å²) in [5, 5.41) is 2.86. The molecule has 0 aliphatic rings. The van der Waals surface area contributed by atoms with Crippen LogP contribution in [0.2, 0.25) is 0 Å². The maximum absolute atomic E-state index is 13.9. The summed E-state index contributed by atoms with van der Waals surface area (Å²) in [6.45, 7) is 2.36. The number of aromatic nitrogens is 2. The van der Waals surface area contributed by atoms with Crippen LogP contribution in [0.3, 0.4) is 0 Å². The number of hydrogen-bond donors (Lipinski definition) is 1.